The molecular formula is C23H24F2N2O2. The van der Waals surface area contributed by atoms with E-state index in [1.54, 1.807) is 6.92 Å². The van der Waals surface area contributed by atoms with Crippen LogP contribution >= 0.6 is 0 Å². The van der Waals surface area contributed by atoms with Crippen molar-refractivity contribution in [2.45, 2.75) is 46.1 Å². The van der Waals surface area contributed by atoms with Gasteiger partial charge in [-0.05, 0) is 54.7 Å². The minimum atomic E-state index is -0.650. The van der Waals surface area contributed by atoms with Crippen molar-refractivity contribution in [2.24, 2.45) is 0 Å². The highest BCUT2D eigenvalue weighted by Gasteiger charge is 2.19. The van der Waals surface area contributed by atoms with Crippen molar-refractivity contribution in [1.29, 1.82) is 0 Å². The lowest BCUT2D eigenvalue weighted by atomic mass is 9.87. The number of halogens is 2. The van der Waals surface area contributed by atoms with Gasteiger partial charge in [-0.2, -0.15) is 0 Å². The molecule has 3 rings (SSSR count). The zero-order chi connectivity index (χ0) is 21.3. The van der Waals surface area contributed by atoms with Gasteiger partial charge in [0.15, 0.2) is 5.69 Å². The van der Waals surface area contributed by atoms with Crippen LogP contribution in [0.3, 0.4) is 0 Å². The number of hydrogen-bond donors (Lipinski definition) is 1. The molecule has 6 heteroatoms. The molecule has 4 nitrogen and oxygen atoms in total. The summed E-state index contributed by atoms with van der Waals surface area (Å²) in [6, 6.07) is 9.63. The molecule has 0 saturated heterocycles. The maximum atomic E-state index is 13.8. The van der Waals surface area contributed by atoms with E-state index in [1.807, 2.05) is 24.3 Å². The highest BCUT2D eigenvalue weighted by molar-refractivity contribution is 5.92. The maximum Gasteiger partial charge on any atom is 0.273 e. The molecule has 1 atom stereocenters. The Hall–Kier alpha value is -3.02. The lowest BCUT2D eigenvalue weighted by molar-refractivity contribution is 0.0934. The van der Waals surface area contributed by atoms with Crippen molar-refractivity contribution in [1.82, 2.24) is 10.3 Å². The van der Waals surface area contributed by atoms with Gasteiger partial charge < -0.3 is 9.73 Å². The molecule has 0 radical (unpaired) electrons. The summed E-state index contributed by atoms with van der Waals surface area (Å²) in [7, 11) is 0. The number of amides is 1. The highest BCUT2D eigenvalue weighted by atomic mass is 19.1. The summed E-state index contributed by atoms with van der Waals surface area (Å²) in [5.74, 6) is -1.46. The van der Waals surface area contributed by atoms with E-state index in [9.17, 15) is 13.6 Å². The monoisotopic (exact) mass is 398 g/mol. The van der Waals surface area contributed by atoms with E-state index >= 15 is 0 Å². The van der Waals surface area contributed by atoms with E-state index in [4.69, 9.17) is 4.42 Å². The van der Waals surface area contributed by atoms with Gasteiger partial charge in [0.2, 0.25) is 5.89 Å². The standard InChI is InChI=1S/C23H24F2N2O2/c1-13-18(24)10-16(11-19(13)25)14(2)26-21(28)20-12-29-22(27-20)15-6-8-17(9-7-15)23(3,4)5/h6-12,14H,1-5H3,(H,26,28)/t14-/m1/s1. The third kappa shape index (κ3) is 4.53. The largest absolute Gasteiger partial charge is 0.444 e. The summed E-state index contributed by atoms with van der Waals surface area (Å²) in [4.78, 5) is 16.7. The molecule has 0 aliphatic carbocycles. The number of oxazole rings is 1. The van der Waals surface area contributed by atoms with Crippen LogP contribution in [0, 0.1) is 18.6 Å². The molecule has 2 aromatic carbocycles. The van der Waals surface area contributed by atoms with Gasteiger partial charge in [-0.25, -0.2) is 13.8 Å². The molecule has 29 heavy (non-hydrogen) atoms. The quantitative estimate of drug-likeness (QED) is 0.612. The Balaban J connectivity index is 1.74. The SMILES string of the molecule is Cc1c(F)cc([C@@H](C)NC(=O)c2coc(-c3ccc(C(C)(C)C)cc3)n2)cc1F. The van der Waals surface area contributed by atoms with Crippen LogP contribution in [0.1, 0.15) is 60.9 Å². The van der Waals surface area contributed by atoms with Crippen LogP contribution in [-0.2, 0) is 5.41 Å². The molecule has 1 heterocycles. The predicted octanol–water partition coefficient (Wildman–Crippen LogP) is 5.72. The molecular weight excluding hydrogens is 374 g/mol. The van der Waals surface area contributed by atoms with Gasteiger partial charge in [-0.15, -0.1) is 0 Å². The molecule has 0 unspecified atom stereocenters. The summed E-state index contributed by atoms with van der Waals surface area (Å²) in [5, 5.41) is 2.69. The minimum Gasteiger partial charge on any atom is -0.444 e. The topological polar surface area (TPSA) is 55.1 Å². The van der Waals surface area contributed by atoms with Gasteiger partial charge in [0, 0.05) is 11.1 Å². The van der Waals surface area contributed by atoms with Crippen LogP contribution in [0.25, 0.3) is 11.5 Å². The van der Waals surface area contributed by atoms with Gasteiger partial charge in [-0.1, -0.05) is 32.9 Å². The molecule has 1 N–H and O–H groups in total. The molecule has 3 aromatic rings. The van der Waals surface area contributed by atoms with Crippen molar-refractivity contribution in [3.8, 4) is 11.5 Å². The Morgan fingerprint density at radius 1 is 1.10 bits per heavy atom. The first-order valence-corrected chi connectivity index (χ1v) is 9.39. The Kier molecular flexibility index (Phi) is 5.55. The van der Waals surface area contributed by atoms with Crippen molar-refractivity contribution in [3.05, 3.63) is 76.7 Å². The second kappa shape index (κ2) is 7.78. The molecule has 0 saturated carbocycles. The van der Waals surface area contributed by atoms with Crippen molar-refractivity contribution in [3.63, 3.8) is 0 Å². The molecule has 0 bridgehead atoms. The van der Waals surface area contributed by atoms with Crippen LogP contribution in [0.5, 0.6) is 0 Å². The van der Waals surface area contributed by atoms with Crippen molar-refractivity contribution in [2.75, 3.05) is 0 Å². The number of benzene rings is 2. The first-order chi connectivity index (χ1) is 13.6. The second-order valence-corrected chi connectivity index (χ2v) is 8.17. The molecule has 1 amide bonds. The number of carbonyl (C=O) groups excluding carboxylic acids is 1. The van der Waals surface area contributed by atoms with Crippen molar-refractivity contribution >= 4 is 5.91 Å². The van der Waals surface area contributed by atoms with E-state index in [0.29, 0.717) is 11.5 Å². The normalized spacial score (nSPS) is 12.7. The van der Waals surface area contributed by atoms with E-state index in [0.717, 1.165) is 5.56 Å². The van der Waals surface area contributed by atoms with Crippen LogP contribution in [0.15, 0.2) is 47.1 Å². The fraction of sp³-hybridized carbons (Fsp3) is 0.304. The van der Waals surface area contributed by atoms with Gasteiger partial charge in [0.1, 0.15) is 17.9 Å². The van der Waals surface area contributed by atoms with Crippen LogP contribution in [0.4, 0.5) is 8.78 Å². The Bertz CT molecular complexity index is 1010. The lowest BCUT2D eigenvalue weighted by Crippen LogP contribution is -2.27. The fourth-order valence-electron chi connectivity index (χ4n) is 2.89. The lowest BCUT2D eigenvalue weighted by Gasteiger charge is -2.18. The maximum absolute atomic E-state index is 13.8. The van der Waals surface area contributed by atoms with Crippen LogP contribution in [-0.4, -0.2) is 10.9 Å². The Morgan fingerprint density at radius 3 is 2.24 bits per heavy atom. The first kappa shape index (κ1) is 20.7. The fourth-order valence-corrected chi connectivity index (χ4v) is 2.89. The van der Waals surface area contributed by atoms with E-state index in [1.165, 1.54) is 30.9 Å². The highest BCUT2D eigenvalue weighted by Crippen LogP contribution is 2.26. The number of rotatable bonds is 4. The Morgan fingerprint density at radius 2 is 1.69 bits per heavy atom. The predicted molar refractivity (Wildman–Crippen MR) is 108 cm³/mol. The molecule has 152 valence electrons. The first-order valence-electron chi connectivity index (χ1n) is 9.39. The second-order valence-electron chi connectivity index (χ2n) is 8.17. The number of carbonyl (C=O) groups is 1. The molecule has 0 fully saturated rings. The van der Waals surface area contributed by atoms with E-state index < -0.39 is 23.6 Å². The van der Waals surface area contributed by atoms with Gasteiger partial charge >= 0.3 is 0 Å². The summed E-state index contributed by atoms with van der Waals surface area (Å²) in [6.45, 7) is 9.39. The zero-order valence-corrected chi connectivity index (χ0v) is 17.1. The average molecular weight is 398 g/mol. The summed E-state index contributed by atoms with van der Waals surface area (Å²) in [5.41, 5.74) is 2.35. The zero-order valence-electron chi connectivity index (χ0n) is 17.1. The van der Waals surface area contributed by atoms with Gasteiger partial charge in [0.05, 0.1) is 6.04 Å². The molecule has 0 spiro atoms. The smallest absolute Gasteiger partial charge is 0.273 e. The number of hydrogen-bond acceptors (Lipinski definition) is 3. The van der Waals surface area contributed by atoms with E-state index in [2.05, 4.69) is 31.1 Å². The van der Waals surface area contributed by atoms with Crippen molar-refractivity contribution < 1.29 is 18.0 Å². The summed E-state index contributed by atoms with van der Waals surface area (Å²) in [6.07, 6.45) is 1.27. The number of nitrogens with one attached hydrogen (secondary N) is 1. The third-order valence-corrected chi connectivity index (χ3v) is 4.89. The van der Waals surface area contributed by atoms with E-state index in [-0.39, 0.29) is 16.7 Å². The molecule has 0 aliphatic heterocycles. The summed E-state index contributed by atoms with van der Waals surface area (Å²) >= 11 is 0. The third-order valence-electron chi connectivity index (χ3n) is 4.89. The molecule has 0 aliphatic rings. The number of aromatic nitrogens is 1. The molecule has 1 aromatic heterocycles. The minimum absolute atomic E-state index is 0.0330. The van der Waals surface area contributed by atoms with Gasteiger partial charge in [0.25, 0.3) is 5.91 Å². The number of nitrogens with zero attached hydrogens (tertiary/aromatic N) is 1. The van der Waals surface area contributed by atoms with Gasteiger partial charge in [-0.3, -0.25) is 4.79 Å². The Labute approximate surface area is 169 Å². The van der Waals surface area contributed by atoms with Crippen LogP contribution < -0.4 is 5.32 Å². The van der Waals surface area contributed by atoms with Crippen LogP contribution in [0.2, 0.25) is 0 Å². The summed E-state index contributed by atoms with van der Waals surface area (Å²) < 4.78 is 33.0. The average Bonchev–Trinajstić information content (AvgIpc) is 3.15.